The molecule has 68 valence electrons. The summed E-state index contributed by atoms with van der Waals surface area (Å²) in [5.41, 5.74) is 5.30. The fourth-order valence-corrected chi connectivity index (χ4v) is 0.787. The van der Waals surface area contributed by atoms with Gasteiger partial charge in [-0.3, -0.25) is 0 Å². The highest BCUT2D eigenvalue weighted by Crippen LogP contribution is 1.94. The van der Waals surface area contributed by atoms with Crippen LogP contribution in [-0.2, 0) is 18.4 Å². The van der Waals surface area contributed by atoms with Crippen molar-refractivity contribution in [1.29, 1.82) is 0 Å². The first-order chi connectivity index (χ1) is 5.84. The number of rotatable bonds is 5. The minimum absolute atomic E-state index is 0.510. The molecular weight excluding hydrogens is 156 g/mol. The van der Waals surface area contributed by atoms with Crippen LogP contribution in [0, 0.1) is 0 Å². The summed E-state index contributed by atoms with van der Waals surface area (Å²) in [6.07, 6.45) is 2.54. The van der Waals surface area contributed by atoms with Crippen molar-refractivity contribution in [2.45, 2.75) is 13.0 Å². The topological polar surface area (TPSA) is 66.0 Å². The second-order valence-corrected chi connectivity index (χ2v) is 2.55. The molecule has 12 heavy (non-hydrogen) atoms. The van der Waals surface area contributed by atoms with Gasteiger partial charge in [-0.2, -0.15) is 0 Å². The number of nitrogens with two attached hydrogens (primary N) is 1. The minimum Gasteiger partial charge on any atom is -0.373 e. The summed E-state index contributed by atoms with van der Waals surface area (Å²) in [5.74, 6) is 0.840. The van der Waals surface area contributed by atoms with Crippen molar-refractivity contribution in [3.8, 4) is 0 Å². The highest BCUT2D eigenvalue weighted by molar-refractivity contribution is 4.80. The van der Waals surface area contributed by atoms with E-state index in [1.54, 1.807) is 6.33 Å². The summed E-state index contributed by atoms with van der Waals surface area (Å²) in [6.45, 7) is 1.86. The van der Waals surface area contributed by atoms with E-state index >= 15 is 0 Å². The van der Waals surface area contributed by atoms with Crippen molar-refractivity contribution in [3.63, 3.8) is 0 Å². The van der Waals surface area contributed by atoms with Crippen LogP contribution in [0.4, 0.5) is 0 Å². The second kappa shape index (κ2) is 4.84. The van der Waals surface area contributed by atoms with E-state index in [1.807, 2.05) is 11.6 Å². The maximum atomic E-state index is 5.30. The molecule has 0 aliphatic carbocycles. The van der Waals surface area contributed by atoms with Gasteiger partial charge in [0.15, 0.2) is 5.82 Å². The second-order valence-electron chi connectivity index (χ2n) is 2.55. The highest BCUT2D eigenvalue weighted by Gasteiger charge is 1.98. The largest absolute Gasteiger partial charge is 0.373 e. The lowest BCUT2D eigenvalue weighted by Gasteiger charge is -2.01. The Labute approximate surface area is 71.5 Å². The lowest BCUT2D eigenvalue weighted by Crippen LogP contribution is -2.06. The molecule has 5 heteroatoms. The van der Waals surface area contributed by atoms with Crippen LogP contribution >= 0.6 is 0 Å². The van der Waals surface area contributed by atoms with Crippen LogP contribution in [0.1, 0.15) is 12.2 Å². The van der Waals surface area contributed by atoms with Gasteiger partial charge in [-0.05, 0) is 13.0 Å². The van der Waals surface area contributed by atoms with Gasteiger partial charge in [0.2, 0.25) is 0 Å². The van der Waals surface area contributed by atoms with Gasteiger partial charge in [-0.1, -0.05) is 0 Å². The smallest absolute Gasteiger partial charge is 0.158 e. The fraction of sp³-hybridized carbons (Fsp3) is 0.714. The predicted molar refractivity (Wildman–Crippen MR) is 44.3 cm³/mol. The Kier molecular flexibility index (Phi) is 3.69. The molecular formula is C7H14N4O. The van der Waals surface area contributed by atoms with Gasteiger partial charge >= 0.3 is 0 Å². The molecule has 1 heterocycles. The van der Waals surface area contributed by atoms with E-state index in [-0.39, 0.29) is 0 Å². The van der Waals surface area contributed by atoms with E-state index in [2.05, 4.69) is 10.2 Å². The molecule has 0 saturated carbocycles. The van der Waals surface area contributed by atoms with E-state index in [1.165, 1.54) is 0 Å². The first-order valence-corrected chi connectivity index (χ1v) is 3.95. The predicted octanol–water partition coefficient (Wildman–Crippen LogP) is -0.320. The van der Waals surface area contributed by atoms with Crippen LogP contribution in [0.3, 0.4) is 0 Å². The van der Waals surface area contributed by atoms with Gasteiger partial charge in [0.25, 0.3) is 0 Å². The minimum atomic E-state index is 0.510. The fourth-order valence-electron chi connectivity index (χ4n) is 0.787. The molecule has 1 rings (SSSR count). The van der Waals surface area contributed by atoms with Crippen molar-refractivity contribution in [3.05, 3.63) is 12.2 Å². The number of aryl methyl sites for hydroxylation is 1. The van der Waals surface area contributed by atoms with Crippen LogP contribution in [-0.4, -0.2) is 27.9 Å². The number of nitrogens with zero attached hydrogens (tertiary/aromatic N) is 3. The average molecular weight is 170 g/mol. The molecule has 1 aromatic rings. The molecule has 0 fully saturated rings. The monoisotopic (exact) mass is 170 g/mol. The molecule has 0 aliphatic heterocycles. The van der Waals surface area contributed by atoms with Crippen molar-refractivity contribution in [1.82, 2.24) is 14.8 Å². The van der Waals surface area contributed by atoms with Gasteiger partial charge in [-0.15, -0.1) is 10.2 Å². The van der Waals surface area contributed by atoms with E-state index in [0.29, 0.717) is 19.8 Å². The van der Waals surface area contributed by atoms with Gasteiger partial charge < -0.3 is 15.0 Å². The SMILES string of the molecule is Cn1cnnc1COCCCN. The highest BCUT2D eigenvalue weighted by atomic mass is 16.5. The molecule has 0 saturated heterocycles. The van der Waals surface area contributed by atoms with Gasteiger partial charge in [0.05, 0.1) is 0 Å². The van der Waals surface area contributed by atoms with Gasteiger partial charge in [0.1, 0.15) is 12.9 Å². The zero-order valence-electron chi connectivity index (χ0n) is 7.23. The van der Waals surface area contributed by atoms with Crippen molar-refractivity contribution in [2.24, 2.45) is 12.8 Å². The maximum absolute atomic E-state index is 5.30. The molecule has 0 amide bonds. The van der Waals surface area contributed by atoms with Gasteiger partial charge in [0, 0.05) is 13.7 Å². The van der Waals surface area contributed by atoms with E-state index < -0.39 is 0 Å². The summed E-state index contributed by atoms with van der Waals surface area (Å²) in [7, 11) is 1.89. The zero-order chi connectivity index (χ0) is 8.81. The summed E-state index contributed by atoms with van der Waals surface area (Å²) >= 11 is 0. The Hall–Kier alpha value is -0.940. The van der Waals surface area contributed by atoms with Crippen LogP contribution in [0.5, 0.6) is 0 Å². The number of hydrogen-bond donors (Lipinski definition) is 1. The van der Waals surface area contributed by atoms with Crippen molar-refractivity contribution < 1.29 is 4.74 Å². The van der Waals surface area contributed by atoms with Crippen molar-refractivity contribution >= 4 is 0 Å². The molecule has 5 nitrogen and oxygen atoms in total. The summed E-state index contributed by atoms with van der Waals surface area (Å²) in [4.78, 5) is 0. The molecule has 0 atom stereocenters. The quantitative estimate of drug-likeness (QED) is 0.615. The average Bonchev–Trinajstić information content (AvgIpc) is 2.46. The molecule has 0 spiro atoms. The van der Waals surface area contributed by atoms with E-state index in [0.717, 1.165) is 12.2 Å². The molecule has 1 aromatic heterocycles. The summed E-state index contributed by atoms with van der Waals surface area (Å²) in [6, 6.07) is 0. The van der Waals surface area contributed by atoms with Crippen LogP contribution in [0.25, 0.3) is 0 Å². The van der Waals surface area contributed by atoms with Gasteiger partial charge in [-0.25, -0.2) is 0 Å². The molecule has 0 radical (unpaired) electrons. The molecule has 0 unspecified atom stereocenters. The molecule has 0 aromatic carbocycles. The zero-order valence-corrected chi connectivity index (χ0v) is 7.23. The Morgan fingerprint density at radius 1 is 1.67 bits per heavy atom. The first kappa shape index (κ1) is 9.15. The third-order valence-electron chi connectivity index (χ3n) is 1.53. The van der Waals surface area contributed by atoms with E-state index in [4.69, 9.17) is 10.5 Å². The Morgan fingerprint density at radius 2 is 2.50 bits per heavy atom. The first-order valence-electron chi connectivity index (χ1n) is 3.95. The molecule has 0 aliphatic rings. The van der Waals surface area contributed by atoms with E-state index in [9.17, 15) is 0 Å². The van der Waals surface area contributed by atoms with Crippen molar-refractivity contribution in [2.75, 3.05) is 13.2 Å². The summed E-state index contributed by atoms with van der Waals surface area (Å²) < 4.78 is 7.13. The molecule has 0 bridgehead atoms. The Bertz CT molecular complexity index is 223. The van der Waals surface area contributed by atoms with Crippen LogP contribution in [0.2, 0.25) is 0 Å². The van der Waals surface area contributed by atoms with Crippen LogP contribution < -0.4 is 5.73 Å². The lowest BCUT2D eigenvalue weighted by molar-refractivity contribution is 0.112. The normalized spacial score (nSPS) is 10.5. The lowest BCUT2D eigenvalue weighted by atomic mass is 10.5. The van der Waals surface area contributed by atoms with Crippen LogP contribution in [0.15, 0.2) is 6.33 Å². The third kappa shape index (κ3) is 2.60. The Morgan fingerprint density at radius 3 is 3.08 bits per heavy atom. The maximum Gasteiger partial charge on any atom is 0.158 e. The summed E-state index contributed by atoms with van der Waals surface area (Å²) in [5, 5.41) is 7.60. The Balaban J connectivity index is 2.20. The molecule has 2 N–H and O–H groups in total. The third-order valence-corrected chi connectivity index (χ3v) is 1.53. The number of hydrogen-bond acceptors (Lipinski definition) is 4. The number of ether oxygens (including phenoxy) is 1. The standard InChI is InChI=1S/C7H14N4O/c1-11-6-9-10-7(11)5-12-4-2-3-8/h6H,2-5,8H2,1H3. The number of aromatic nitrogens is 3.